The summed E-state index contributed by atoms with van der Waals surface area (Å²) in [5, 5.41) is 8.38. The summed E-state index contributed by atoms with van der Waals surface area (Å²) in [7, 11) is 3.63. The summed E-state index contributed by atoms with van der Waals surface area (Å²) in [4.78, 5) is 24.0. The molecule has 3 rings (SSSR count). The maximum atomic E-state index is 11.5. The number of benzene rings is 1. The van der Waals surface area contributed by atoms with Gasteiger partial charge in [-0.1, -0.05) is 18.2 Å². The Hall–Kier alpha value is -1.88. The fourth-order valence-corrected chi connectivity index (χ4v) is 3.45. The first-order chi connectivity index (χ1) is 10.5. The first-order valence-electron chi connectivity index (χ1n) is 7.62. The standard InChI is InChI=1S/C10H17NO2.C7H6O2/c1-11-7-3-5-8(10(12)13-2)9(11)6-4-7;8-7(9)6-4-2-1-3-5-6/h7-9H,3-6H2,1-2H3;1-5H,(H,8,9)/t7-,8-,9+;/m0./s1. The third-order valence-electron chi connectivity index (χ3n) is 4.69. The highest BCUT2D eigenvalue weighted by Gasteiger charge is 2.43. The van der Waals surface area contributed by atoms with E-state index in [1.54, 1.807) is 30.3 Å². The van der Waals surface area contributed by atoms with E-state index < -0.39 is 5.97 Å². The predicted octanol–water partition coefficient (Wildman–Crippen LogP) is 2.42. The minimum atomic E-state index is -0.879. The molecule has 5 heteroatoms. The van der Waals surface area contributed by atoms with Crippen LogP contribution in [0.3, 0.4) is 0 Å². The zero-order valence-corrected chi connectivity index (χ0v) is 13.1. The number of hydrogen-bond acceptors (Lipinski definition) is 4. The smallest absolute Gasteiger partial charge is 0.335 e. The summed E-state index contributed by atoms with van der Waals surface area (Å²) in [5.41, 5.74) is 0.331. The monoisotopic (exact) mass is 305 g/mol. The molecule has 1 aromatic carbocycles. The molecule has 0 saturated carbocycles. The molecule has 3 atom stereocenters. The average Bonchev–Trinajstić information content (AvgIpc) is 2.77. The van der Waals surface area contributed by atoms with Gasteiger partial charge in [0.25, 0.3) is 0 Å². The maximum absolute atomic E-state index is 11.5. The highest BCUT2D eigenvalue weighted by Crippen LogP contribution is 2.38. The number of esters is 1. The van der Waals surface area contributed by atoms with Gasteiger partial charge in [-0.05, 0) is 44.9 Å². The Bertz CT molecular complexity index is 517. The van der Waals surface area contributed by atoms with Crippen molar-refractivity contribution >= 4 is 11.9 Å². The summed E-state index contributed by atoms with van der Waals surface area (Å²) in [6.45, 7) is 0. The van der Waals surface area contributed by atoms with Gasteiger partial charge in [-0.3, -0.25) is 9.69 Å². The van der Waals surface area contributed by atoms with Crippen molar-refractivity contribution in [3.8, 4) is 0 Å². The number of ether oxygens (including phenoxy) is 1. The fraction of sp³-hybridized carbons (Fsp3) is 0.529. The topological polar surface area (TPSA) is 66.8 Å². The fourth-order valence-electron chi connectivity index (χ4n) is 3.45. The molecule has 22 heavy (non-hydrogen) atoms. The number of aromatic carboxylic acids is 1. The molecular formula is C17H23NO4. The molecule has 0 amide bonds. The SMILES string of the molecule is COC(=O)[C@H]1CC[C@H]2CC[C@H]1N2C.O=C(O)c1ccccc1. The first kappa shape index (κ1) is 16.5. The number of carbonyl (C=O) groups is 2. The van der Waals surface area contributed by atoms with Crippen molar-refractivity contribution in [2.75, 3.05) is 14.2 Å². The van der Waals surface area contributed by atoms with Crippen molar-refractivity contribution in [2.24, 2.45) is 5.92 Å². The van der Waals surface area contributed by atoms with Crippen molar-refractivity contribution in [1.29, 1.82) is 0 Å². The molecule has 1 N–H and O–H groups in total. The van der Waals surface area contributed by atoms with E-state index >= 15 is 0 Å². The molecule has 2 saturated heterocycles. The second-order valence-electron chi connectivity index (χ2n) is 5.84. The molecule has 2 fully saturated rings. The molecule has 120 valence electrons. The van der Waals surface area contributed by atoms with Crippen molar-refractivity contribution in [3.63, 3.8) is 0 Å². The number of hydrogen-bond donors (Lipinski definition) is 1. The molecule has 2 heterocycles. The average molecular weight is 305 g/mol. The molecule has 5 nitrogen and oxygen atoms in total. The molecule has 0 unspecified atom stereocenters. The summed E-state index contributed by atoms with van der Waals surface area (Å²) in [6.07, 6.45) is 4.61. The number of nitrogens with zero attached hydrogens (tertiary/aromatic N) is 1. The Labute approximate surface area is 130 Å². The third-order valence-corrected chi connectivity index (χ3v) is 4.69. The molecule has 2 aliphatic rings. The van der Waals surface area contributed by atoms with Crippen molar-refractivity contribution in [3.05, 3.63) is 35.9 Å². The van der Waals surface area contributed by atoms with Crippen LogP contribution in [-0.2, 0) is 9.53 Å². The van der Waals surface area contributed by atoms with Gasteiger partial charge in [-0.15, -0.1) is 0 Å². The second-order valence-corrected chi connectivity index (χ2v) is 5.84. The highest BCUT2D eigenvalue weighted by atomic mass is 16.5. The van der Waals surface area contributed by atoms with E-state index in [9.17, 15) is 9.59 Å². The van der Waals surface area contributed by atoms with Crippen LogP contribution in [0.5, 0.6) is 0 Å². The lowest BCUT2D eigenvalue weighted by Gasteiger charge is -2.35. The van der Waals surface area contributed by atoms with E-state index in [2.05, 4.69) is 11.9 Å². The molecular weight excluding hydrogens is 282 g/mol. The van der Waals surface area contributed by atoms with Crippen LogP contribution in [0.1, 0.15) is 36.0 Å². The van der Waals surface area contributed by atoms with E-state index in [1.165, 1.54) is 20.0 Å². The first-order valence-corrected chi connectivity index (χ1v) is 7.62. The summed E-state index contributed by atoms with van der Waals surface area (Å²) in [6, 6.07) is 9.47. The van der Waals surface area contributed by atoms with Crippen LogP contribution in [-0.4, -0.2) is 48.2 Å². The van der Waals surface area contributed by atoms with Gasteiger partial charge < -0.3 is 9.84 Å². The largest absolute Gasteiger partial charge is 0.478 e. The van der Waals surface area contributed by atoms with Gasteiger partial charge in [0, 0.05) is 12.1 Å². The third kappa shape index (κ3) is 3.65. The number of carboxylic acid groups (broad SMARTS) is 1. The van der Waals surface area contributed by atoms with Crippen LogP contribution in [0.2, 0.25) is 0 Å². The Morgan fingerprint density at radius 3 is 2.32 bits per heavy atom. The van der Waals surface area contributed by atoms with E-state index in [1.807, 2.05) is 0 Å². The van der Waals surface area contributed by atoms with Gasteiger partial charge in [-0.25, -0.2) is 4.79 Å². The van der Waals surface area contributed by atoms with Gasteiger partial charge in [0.05, 0.1) is 18.6 Å². The van der Waals surface area contributed by atoms with Crippen LogP contribution in [0.15, 0.2) is 30.3 Å². The summed E-state index contributed by atoms with van der Waals surface area (Å²) in [5.74, 6) is -0.762. The predicted molar refractivity (Wildman–Crippen MR) is 82.7 cm³/mol. The van der Waals surface area contributed by atoms with E-state index in [4.69, 9.17) is 9.84 Å². The van der Waals surface area contributed by atoms with E-state index in [-0.39, 0.29) is 11.9 Å². The minimum Gasteiger partial charge on any atom is -0.478 e. The van der Waals surface area contributed by atoms with Crippen LogP contribution in [0, 0.1) is 5.92 Å². The lowest BCUT2D eigenvalue weighted by Crippen LogP contribution is -2.45. The number of methoxy groups -OCH3 is 1. The van der Waals surface area contributed by atoms with Gasteiger partial charge >= 0.3 is 11.9 Å². The molecule has 2 aliphatic heterocycles. The zero-order valence-electron chi connectivity index (χ0n) is 13.1. The van der Waals surface area contributed by atoms with Crippen LogP contribution in [0.4, 0.5) is 0 Å². The van der Waals surface area contributed by atoms with Gasteiger partial charge in [0.2, 0.25) is 0 Å². The Morgan fingerprint density at radius 2 is 1.77 bits per heavy atom. The maximum Gasteiger partial charge on any atom is 0.335 e. The zero-order chi connectivity index (χ0) is 16.1. The van der Waals surface area contributed by atoms with Crippen LogP contribution >= 0.6 is 0 Å². The molecule has 2 bridgehead atoms. The quantitative estimate of drug-likeness (QED) is 0.850. The number of fused-ring (bicyclic) bond motifs is 2. The van der Waals surface area contributed by atoms with Gasteiger partial charge in [0.15, 0.2) is 0 Å². The summed E-state index contributed by atoms with van der Waals surface area (Å²) >= 11 is 0. The van der Waals surface area contributed by atoms with E-state index in [0.717, 1.165) is 18.9 Å². The Kier molecular flexibility index (Phi) is 5.55. The second kappa shape index (κ2) is 7.40. The molecule has 0 spiro atoms. The minimum absolute atomic E-state index is 0.0165. The van der Waals surface area contributed by atoms with Crippen molar-refractivity contribution in [1.82, 2.24) is 4.90 Å². The van der Waals surface area contributed by atoms with Crippen molar-refractivity contribution in [2.45, 2.75) is 37.8 Å². The highest BCUT2D eigenvalue weighted by molar-refractivity contribution is 5.87. The molecule has 1 aromatic rings. The van der Waals surface area contributed by atoms with Gasteiger partial charge in [0.1, 0.15) is 0 Å². The summed E-state index contributed by atoms with van der Waals surface area (Å²) < 4.78 is 4.82. The number of carbonyl (C=O) groups excluding carboxylic acids is 1. The number of rotatable bonds is 2. The van der Waals surface area contributed by atoms with Crippen molar-refractivity contribution < 1.29 is 19.4 Å². The Morgan fingerprint density at radius 1 is 1.14 bits per heavy atom. The number of piperidine rings is 1. The number of carboxylic acids is 1. The normalized spacial score (nSPS) is 26.7. The molecule has 0 radical (unpaired) electrons. The molecule has 0 aliphatic carbocycles. The van der Waals surface area contributed by atoms with Gasteiger partial charge in [-0.2, -0.15) is 0 Å². The lowest BCUT2D eigenvalue weighted by molar-refractivity contribution is -0.149. The lowest BCUT2D eigenvalue weighted by atomic mass is 9.91. The van der Waals surface area contributed by atoms with E-state index in [0.29, 0.717) is 11.6 Å². The van der Waals surface area contributed by atoms with Crippen LogP contribution < -0.4 is 0 Å². The van der Waals surface area contributed by atoms with Crippen LogP contribution in [0.25, 0.3) is 0 Å². The molecule has 0 aromatic heterocycles. The Balaban J connectivity index is 0.000000172.